The van der Waals surface area contributed by atoms with E-state index in [0.29, 0.717) is 0 Å². The van der Waals surface area contributed by atoms with Crippen LogP contribution in [0.15, 0.2) is 11.4 Å². The van der Waals surface area contributed by atoms with Gasteiger partial charge in [0, 0.05) is 4.88 Å². The zero-order valence-electron chi connectivity index (χ0n) is 8.29. The standard InChI is InChI=1S/C8H12OS.C2H6/c1-3-7(9)8-4-6(2)5-10-8;1-2/h4-5,7,9H,3H2,1-2H3;1-2H3. The average Bonchev–Trinajstić information content (AvgIpc) is 2.54. The van der Waals surface area contributed by atoms with Crippen molar-refractivity contribution in [3.63, 3.8) is 0 Å². The summed E-state index contributed by atoms with van der Waals surface area (Å²) in [7, 11) is 0. The van der Waals surface area contributed by atoms with Crippen LogP contribution in [0, 0.1) is 6.92 Å². The fourth-order valence-corrected chi connectivity index (χ4v) is 1.80. The van der Waals surface area contributed by atoms with Gasteiger partial charge in [-0.25, -0.2) is 0 Å². The molecular weight excluding hydrogens is 168 g/mol. The summed E-state index contributed by atoms with van der Waals surface area (Å²) in [6, 6.07) is 2.04. The van der Waals surface area contributed by atoms with E-state index in [0.717, 1.165) is 11.3 Å². The van der Waals surface area contributed by atoms with Crippen molar-refractivity contribution in [1.82, 2.24) is 0 Å². The van der Waals surface area contributed by atoms with Gasteiger partial charge in [-0.05, 0) is 30.4 Å². The van der Waals surface area contributed by atoms with E-state index < -0.39 is 0 Å². The van der Waals surface area contributed by atoms with Crippen molar-refractivity contribution in [2.45, 2.75) is 40.2 Å². The second-order valence-corrected chi connectivity index (χ2v) is 3.39. The van der Waals surface area contributed by atoms with E-state index in [2.05, 4.69) is 5.38 Å². The molecule has 0 aliphatic carbocycles. The molecule has 0 spiro atoms. The topological polar surface area (TPSA) is 20.2 Å². The summed E-state index contributed by atoms with van der Waals surface area (Å²) in [6.45, 7) is 8.03. The minimum absolute atomic E-state index is 0.251. The molecule has 1 atom stereocenters. The maximum Gasteiger partial charge on any atom is 0.0879 e. The first-order valence-electron chi connectivity index (χ1n) is 4.47. The van der Waals surface area contributed by atoms with Gasteiger partial charge in [-0.1, -0.05) is 20.8 Å². The third kappa shape index (κ3) is 3.37. The van der Waals surface area contributed by atoms with Crippen LogP contribution in [-0.4, -0.2) is 5.11 Å². The number of thiophene rings is 1. The van der Waals surface area contributed by atoms with Gasteiger partial charge < -0.3 is 5.11 Å². The molecule has 0 saturated carbocycles. The Morgan fingerprint density at radius 2 is 2.08 bits per heavy atom. The van der Waals surface area contributed by atoms with Crippen LogP contribution >= 0.6 is 11.3 Å². The quantitative estimate of drug-likeness (QED) is 0.749. The van der Waals surface area contributed by atoms with Crippen LogP contribution in [-0.2, 0) is 0 Å². The molecular formula is C10H18OS. The summed E-state index contributed by atoms with van der Waals surface area (Å²) in [5, 5.41) is 11.4. The molecule has 1 unspecified atom stereocenters. The molecule has 1 rings (SSSR count). The molecule has 1 aromatic rings. The van der Waals surface area contributed by atoms with E-state index in [1.807, 2.05) is 33.8 Å². The van der Waals surface area contributed by atoms with Gasteiger partial charge in [0.15, 0.2) is 0 Å². The van der Waals surface area contributed by atoms with Gasteiger partial charge >= 0.3 is 0 Å². The Hall–Kier alpha value is -0.340. The Morgan fingerprint density at radius 1 is 1.50 bits per heavy atom. The molecule has 2 heteroatoms. The zero-order chi connectivity index (χ0) is 9.56. The van der Waals surface area contributed by atoms with Gasteiger partial charge in [0.25, 0.3) is 0 Å². The van der Waals surface area contributed by atoms with Gasteiger partial charge in [0.2, 0.25) is 0 Å². The summed E-state index contributed by atoms with van der Waals surface area (Å²) >= 11 is 1.63. The summed E-state index contributed by atoms with van der Waals surface area (Å²) in [5.41, 5.74) is 1.24. The number of rotatable bonds is 2. The van der Waals surface area contributed by atoms with Gasteiger partial charge in [-0.15, -0.1) is 11.3 Å². The monoisotopic (exact) mass is 186 g/mol. The maximum atomic E-state index is 9.35. The highest BCUT2D eigenvalue weighted by molar-refractivity contribution is 7.10. The molecule has 12 heavy (non-hydrogen) atoms. The molecule has 70 valence electrons. The Balaban J connectivity index is 0.000000561. The lowest BCUT2D eigenvalue weighted by Gasteiger charge is -2.01. The van der Waals surface area contributed by atoms with Gasteiger partial charge in [-0.2, -0.15) is 0 Å². The van der Waals surface area contributed by atoms with Gasteiger partial charge in [-0.3, -0.25) is 0 Å². The second-order valence-electron chi connectivity index (χ2n) is 2.45. The number of hydrogen-bond donors (Lipinski definition) is 1. The van der Waals surface area contributed by atoms with Crippen LogP contribution in [0.3, 0.4) is 0 Å². The predicted octanol–water partition coefficient (Wildman–Crippen LogP) is 3.53. The van der Waals surface area contributed by atoms with Crippen molar-refractivity contribution in [2.75, 3.05) is 0 Å². The third-order valence-electron chi connectivity index (χ3n) is 1.47. The predicted molar refractivity (Wildman–Crippen MR) is 55.7 cm³/mol. The molecule has 0 aromatic carbocycles. The zero-order valence-corrected chi connectivity index (χ0v) is 9.11. The van der Waals surface area contributed by atoms with Crippen LogP contribution < -0.4 is 0 Å². The lowest BCUT2D eigenvalue weighted by molar-refractivity contribution is 0.177. The number of aliphatic hydroxyl groups is 1. The Morgan fingerprint density at radius 3 is 2.42 bits per heavy atom. The molecule has 0 saturated heterocycles. The molecule has 1 N–H and O–H groups in total. The van der Waals surface area contributed by atoms with Crippen LogP contribution in [0.5, 0.6) is 0 Å². The Labute approximate surface area is 79.1 Å². The first-order chi connectivity index (χ1) is 5.74. The molecule has 0 amide bonds. The number of hydrogen-bond acceptors (Lipinski definition) is 2. The van der Waals surface area contributed by atoms with E-state index in [4.69, 9.17) is 0 Å². The van der Waals surface area contributed by atoms with Crippen LogP contribution in [0.25, 0.3) is 0 Å². The average molecular weight is 186 g/mol. The number of aryl methyl sites for hydroxylation is 1. The molecule has 0 aliphatic heterocycles. The van der Waals surface area contributed by atoms with Crippen molar-refractivity contribution in [3.05, 3.63) is 21.9 Å². The highest BCUT2D eigenvalue weighted by atomic mass is 32.1. The van der Waals surface area contributed by atoms with Crippen molar-refractivity contribution in [3.8, 4) is 0 Å². The van der Waals surface area contributed by atoms with Crippen LogP contribution in [0.1, 0.15) is 43.7 Å². The fourth-order valence-electron chi connectivity index (χ4n) is 0.829. The van der Waals surface area contributed by atoms with Crippen LogP contribution in [0.4, 0.5) is 0 Å². The highest BCUT2D eigenvalue weighted by Gasteiger charge is 2.05. The van der Waals surface area contributed by atoms with Crippen molar-refractivity contribution < 1.29 is 5.11 Å². The minimum Gasteiger partial charge on any atom is -0.388 e. The number of aliphatic hydroxyl groups excluding tert-OH is 1. The van der Waals surface area contributed by atoms with Crippen molar-refractivity contribution in [1.29, 1.82) is 0 Å². The lowest BCUT2D eigenvalue weighted by Crippen LogP contribution is -1.89. The Kier molecular flexibility index (Phi) is 6.03. The normalized spacial score (nSPS) is 11.8. The molecule has 1 nitrogen and oxygen atoms in total. The Bertz CT molecular complexity index is 205. The second kappa shape index (κ2) is 6.21. The molecule has 1 aromatic heterocycles. The lowest BCUT2D eigenvalue weighted by atomic mass is 10.2. The molecule has 0 fully saturated rings. The SMILES string of the molecule is CC.CCC(O)c1cc(C)cs1. The summed E-state index contributed by atoms with van der Waals surface area (Å²) in [6.07, 6.45) is 0.554. The summed E-state index contributed by atoms with van der Waals surface area (Å²) in [5.74, 6) is 0. The maximum absolute atomic E-state index is 9.35. The van der Waals surface area contributed by atoms with Gasteiger partial charge in [0.1, 0.15) is 0 Å². The molecule has 1 heterocycles. The highest BCUT2D eigenvalue weighted by Crippen LogP contribution is 2.23. The van der Waals surface area contributed by atoms with E-state index in [9.17, 15) is 5.11 Å². The largest absolute Gasteiger partial charge is 0.388 e. The fraction of sp³-hybridized carbons (Fsp3) is 0.600. The first-order valence-corrected chi connectivity index (χ1v) is 5.35. The summed E-state index contributed by atoms with van der Waals surface area (Å²) < 4.78 is 0. The van der Waals surface area contributed by atoms with Gasteiger partial charge in [0.05, 0.1) is 6.10 Å². The summed E-state index contributed by atoms with van der Waals surface area (Å²) in [4.78, 5) is 1.08. The molecule has 0 bridgehead atoms. The van der Waals surface area contributed by atoms with E-state index >= 15 is 0 Å². The van der Waals surface area contributed by atoms with Crippen molar-refractivity contribution >= 4 is 11.3 Å². The van der Waals surface area contributed by atoms with E-state index in [1.165, 1.54) is 5.56 Å². The van der Waals surface area contributed by atoms with Crippen molar-refractivity contribution in [2.24, 2.45) is 0 Å². The van der Waals surface area contributed by atoms with E-state index in [-0.39, 0.29) is 6.10 Å². The smallest absolute Gasteiger partial charge is 0.0879 e. The first kappa shape index (κ1) is 11.7. The van der Waals surface area contributed by atoms with E-state index in [1.54, 1.807) is 11.3 Å². The molecule has 0 aliphatic rings. The minimum atomic E-state index is -0.251. The van der Waals surface area contributed by atoms with Crippen LogP contribution in [0.2, 0.25) is 0 Å². The molecule has 0 radical (unpaired) electrons. The third-order valence-corrected chi connectivity index (χ3v) is 2.62.